The van der Waals surface area contributed by atoms with Crippen LogP contribution in [0, 0.1) is 0 Å². The number of hydrogen-bond acceptors (Lipinski definition) is 8. The lowest BCUT2D eigenvalue weighted by molar-refractivity contribution is 0.368. The quantitative estimate of drug-likeness (QED) is 0.746. The Labute approximate surface area is 131 Å². The average Bonchev–Trinajstić information content (AvgIpc) is 3.04. The molecule has 3 rings (SSSR count). The van der Waals surface area contributed by atoms with E-state index in [0.29, 0.717) is 30.5 Å². The fourth-order valence-electron chi connectivity index (χ4n) is 1.99. The van der Waals surface area contributed by atoms with Crippen molar-refractivity contribution < 1.29 is 9.47 Å². The molecule has 0 aliphatic carbocycles. The highest BCUT2D eigenvalue weighted by Gasteiger charge is 2.07. The lowest BCUT2D eigenvalue weighted by atomic mass is 10.3. The van der Waals surface area contributed by atoms with Crippen LogP contribution in [0.5, 0.6) is 11.8 Å². The van der Waals surface area contributed by atoms with Crippen molar-refractivity contribution in [3.8, 4) is 11.8 Å². The second-order valence-electron chi connectivity index (χ2n) is 4.41. The van der Waals surface area contributed by atoms with Crippen molar-refractivity contribution in [3.05, 3.63) is 29.7 Å². The van der Waals surface area contributed by atoms with E-state index >= 15 is 0 Å². The van der Waals surface area contributed by atoms with Gasteiger partial charge in [-0.25, -0.2) is 9.97 Å². The molecule has 22 heavy (non-hydrogen) atoms. The fraction of sp³-hybridized carbons (Fsp3) is 0.286. The third-order valence-electron chi connectivity index (χ3n) is 3.05. The minimum absolute atomic E-state index is 0.490. The predicted octanol–water partition coefficient (Wildman–Crippen LogP) is 2.15. The standard InChI is InChI=1S/C14H15N5O2S/c1-20-11-7-12(21-2)19-10(18-11)3-5-15-13-9-4-6-22-14(9)17-8-16-13/h4,6-8H,3,5H2,1-2H3,(H,15,16,17). The highest BCUT2D eigenvalue weighted by Crippen LogP contribution is 2.23. The summed E-state index contributed by atoms with van der Waals surface area (Å²) in [4.78, 5) is 18.1. The lowest BCUT2D eigenvalue weighted by Crippen LogP contribution is -2.10. The van der Waals surface area contributed by atoms with Crippen LogP contribution in [-0.2, 0) is 6.42 Å². The summed E-state index contributed by atoms with van der Waals surface area (Å²) in [6.07, 6.45) is 2.19. The highest BCUT2D eigenvalue weighted by atomic mass is 32.1. The van der Waals surface area contributed by atoms with E-state index in [0.717, 1.165) is 16.0 Å². The Balaban J connectivity index is 1.69. The lowest BCUT2D eigenvalue weighted by Gasteiger charge is -2.08. The van der Waals surface area contributed by atoms with Gasteiger partial charge in [-0.15, -0.1) is 11.3 Å². The zero-order valence-corrected chi connectivity index (χ0v) is 13.1. The van der Waals surface area contributed by atoms with Crippen LogP contribution in [0.25, 0.3) is 10.2 Å². The zero-order chi connectivity index (χ0) is 15.4. The molecule has 114 valence electrons. The summed E-state index contributed by atoms with van der Waals surface area (Å²) in [6.45, 7) is 0.651. The summed E-state index contributed by atoms with van der Waals surface area (Å²) in [5.41, 5.74) is 0. The third-order valence-corrected chi connectivity index (χ3v) is 3.87. The number of ether oxygens (including phenoxy) is 2. The molecule has 0 radical (unpaired) electrons. The van der Waals surface area contributed by atoms with Crippen LogP contribution >= 0.6 is 11.3 Å². The van der Waals surface area contributed by atoms with Crippen LogP contribution in [0.2, 0.25) is 0 Å². The molecule has 0 aromatic carbocycles. The largest absolute Gasteiger partial charge is 0.481 e. The molecule has 8 heteroatoms. The first kappa shape index (κ1) is 14.5. The Morgan fingerprint density at radius 1 is 1.14 bits per heavy atom. The molecule has 0 saturated heterocycles. The maximum atomic E-state index is 5.14. The molecule has 0 amide bonds. The fourth-order valence-corrected chi connectivity index (χ4v) is 2.73. The Morgan fingerprint density at radius 2 is 1.91 bits per heavy atom. The number of hydrogen-bond donors (Lipinski definition) is 1. The molecule has 3 aromatic heterocycles. The Morgan fingerprint density at radius 3 is 2.64 bits per heavy atom. The molecule has 0 aliphatic heterocycles. The van der Waals surface area contributed by atoms with Crippen molar-refractivity contribution in [3.63, 3.8) is 0 Å². The Hall–Kier alpha value is -2.48. The molecule has 0 atom stereocenters. The first-order valence-corrected chi connectivity index (χ1v) is 7.56. The van der Waals surface area contributed by atoms with Crippen LogP contribution in [0.1, 0.15) is 5.82 Å². The molecule has 0 unspecified atom stereocenters. The number of methoxy groups -OCH3 is 2. The molecular formula is C14H15N5O2S. The van der Waals surface area contributed by atoms with E-state index in [1.54, 1.807) is 38.0 Å². The molecule has 3 heterocycles. The van der Waals surface area contributed by atoms with Gasteiger partial charge in [-0.3, -0.25) is 0 Å². The minimum atomic E-state index is 0.490. The monoisotopic (exact) mass is 317 g/mol. The van der Waals surface area contributed by atoms with E-state index < -0.39 is 0 Å². The number of nitrogens with one attached hydrogen (secondary N) is 1. The van der Waals surface area contributed by atoms with Gasteiger partial charge < -0.3 is 14.8 Å². The Kier molecular flexibility index (Phi) is 4.29. The summed E-state index contributed by atoms with van der Waals surface area (Å²) in [6, 6.07) is 3.66. The van der Waals surface area contributed by atoms with Crippen molar-refractivity contribution in [2.24, 2.45) is 0 Å². The molecule has 0 bridgehead atoms. The van der Waals surface area contributed by atoms with E-state index in [9.17, 15) is 0 Å². The summed E-state index contributed by atoms with van der Waals surface area (Å²) in [7, 11) is 3.13. The summed E-state index contributed by atoms with van der Waals surface area (Å²) in [5.74, 6) is 2.45. The first-order valence-electron chi connectivity index (χ1n) is 6.68. The van der Waals surface area contributed by atoms with Crippen molar-refractivity contribution in [2.45, 2.75) is 6.42 Å². The highest BCUT2D eigenvalue weighted by molar-refractivity contribution is 7.16. The minimum Gasteiger partial charge on any atom is -0.481 e. The Bertz CT molecular complexity index is 755. The SMILES string of the molecule is COc1cc(OC)nc(CCNc2ncnc3sccc23)n1. The van der Waals surface area contributed by atoms with E-state index in [1.807, 2.05) is 11.4 Å². The first-order chi connectivity index (χ1) is 10.8. The van der Waals surface area contributed by atoms with E-state index in [4.69, 9.17) is 9.47 Å². The van der Waals surface area contributed by atoms with Gasteiger partial charge in [0.25, 0.3) is 0 Å². The van der Waals surface area contributed by atoms with Gasteiger partial charge >= 0.3 is 0 Å². The summed E-state index contributed by atoms with van der Waals surface area (Å²) < 4.78 is 10.3. The molecule has 0 spiro atoms. The maximum absolute atomic E-state index is 5.14. The van der Waals surface area contributed by atoms with Crippen LogP contribution in [-0.4, -0.2) is 40.7 Å². The van der Waals surface area contributed by atoms with Gasteiger partial charge in [0.15, 0.2) is 0 Å². The summed E-state index contributed by atoms with van der Waals surface area (Å²) >= 11 is 1.59. The number of anilines is 1. The molecule has 3 aromatic rings. The van der Waals surface area contributed by atoms with Gasteiger partial charge in [0.1, 0.15) is 22.8 Å². The van der Waals surface area contributed by atoms with Crippen LogP contribution in [0.15, 0.2) is 23.8 Å². The number of thiophene rings is 1. The van der Waals surface area contributed by atoms with Crippen LogP contribution in [0.3, 0.4) is 0 Å². The van der Waals surface area contributed by atoms with Gasteiger partial charge in [0, 0.05) is 13.0 Å². The van der Waals surface area contributed by atoms with Gasteiger partial charge in [-0.2, -0.15) is 9.97 Å². The van der Waals surface area contributed by atoms with E-state index in [1.165, 1.54) is 0 Å². The number of nitrogens with zero attached hydrogens (tertiary/aromatic N) is 4. The average molecular weight is 317 g/mol. The van der Waals surface area contributed by atoms with E-state index in [2.05, 4.69) is 25.3 Å². The molecule has 0 aliphatic rings. The third kappa shape index (κ3) is 3.06. The molecule has 0 fully saturated rings. The maximum Gasteiger partial charge on any atom is 0.220 e. The predicted molar refractivity (Wildman–Crippen MR) is 84.7 cm³/mol. The van der Waals surface area contributed by atoms with Gasteiger partial charge in [0.05, 0.1) is 25.7 Å². The number of rotatable bonds is 6. The zero-order valence-electron chi connectivity index (χ0n) is 12.2. The second-order valence-corrected chi connectivity index (χ2v) is 5.30. The summed E-state index contributed by atoms with van der Waals surface area (Å²) in [5, 5.41) is 6.32. The smallest absolute Gasteiger partial charge is 0.220 e. The van der Waals surface area contributed by atoms with Crippen molar-refractivity contribution in [2.75, 3.05) is 26.1 Å². The second kappa shape index (κ2) is 6.52. The van der Waals surface area contributed by atoms with Crippen molar-refractivity contribution in [1.82, 2.24) is 19.9 Å². The topological polar surface area (TPSA) is 82.0 Å². The van der Waals surface area contributed by atoms with Crippen molar-refractivity contribution >= 4 is 27.4 Å². The van der Waals surface area contributed by atoms with E-state index in [-0.39, 0.29) is 0 Å². The number of fused-ring (bicyclic) bond motifs is 1. The van der Waals surface area contributed by atoms with Crippen LogP contribution in [0.4, 0.5) is 5.82 Å². The van der Waals surface area contributed by atoms with Gasteiger partial charge in [-0.05, 0) is 11.4 Å². The molecule has 7 nitrogen and oxygen atoms in total. The number of aromatic nitrogens is 4. The molecule has 1 N–H and O–H groups in total. The van der Waals surface area contributed by atoms with Gasteiger partial charge in [-0.1, -0.05) is 0 Å². The normalized spacial score (nSPS) is 10.6. The molecule has 0 saturated carbocycles. The molecular weight excluding hydrogens is 302 g/mol. The van der Waals surface area contributed by atoms with Crippen LogP contribution < -0.4 is 14.8 Å². The van der Waals surface area contributed by atoms with Crippen molar-refractivity contribution in [1.29, 1.82) is 0 Å². The van der Waals surface area contributed by atoms with Gasteiger partial charge in [0.2, 0.25) is 11.8 Å².